The summed E-state index contributed by atoms with van der Waals surface area (Å²) in [6.45, 7) is 0. The minimum Gasteiger partial charge on any atom is -0.416 e. The summed E-state index contributed by atoms with van der Waals surface area (Å²) in [5, 5.41) is 25.9. The van der Waals surface area contributed by atoms with Crippen LogP contribution in [0.5, 0.6) is 0 Å². The highest BCUT2D eigenvalue weighted by atomic mass is 16.4. The molecule has 9 nitrogen and oxygen atoms in total. The van der Waals surface area contributed by atoms with E-state index in [2.05, 4.69) is 103 Å². The third-order valence-corrected chi connectivity index (χ3v) is 11.7. The fraction of sp³-hybridized carbons (Fsp3) is 0. The molecule has 0 amide bonds. The minimum absolute atomic E-state index is 0.453. The van der Waals surface area contributed by atoms with Crippen LogP contribution in [0.1, 0.15) is 44.5 Å². The summed E-state index contributed by atoms with van der Waals surface area (Å²) in [7, 11) is 0. The Morgan fingerprint density at radius 3 is 0.507 bits per heavy atom. The number of benzene rings is 8. The first-order valence-electron chi connectivity index (χ1n) is 23.1. The van der Waals surface area contributed by atoms with E-state index >= 15 is 0 Å². The van der Waals surface area contributed by atoms with Gasteiger partial charge in [-0.25, -0.2) is 0 Å². The molecular weight excluding hydrogens is 877 g/mol. The number of hydrogen-bond donors (Lipinski definition) is 0. The van der Waals surface area contributed by atoms with Gasteiger partial charge in [-0.1, -0.05) is 182 Å². The van der Waals surface area contributed by atoms with E-state index in [-0.39, 0.29) is 0 Å². The van der Waals surface area contributed by atoms with Gasteiger partial charge in [-0.15, -0.1) is 30.6 Å². The van der Waals surface area contributed by atoms with Gasteiger partial charge in [0.15, 0.2) is 0 Å². The topological polar surface area (TPSA) is 117 Å². The Bertz CT molecular complexity index is 3380. The Balaban J connectivity index is 0.658. The van der Waals surface area contributed by atoms with Crippen molar-refractivity contribution in [1.29, 1.82) is 0 Å². The van der Waals surface area contributed by atoms with E-state index < -0.39 is 0 Å². The first-order valence-corrected chi connectivity index (χ1v) is 23.1. The van der Waals surface area contributed by atoms with E-state index in [1.54, 1.807) is 0 Å². The molecule has 0 bridgehead atoms. The molecule has 0 unspecified atom stereocenters. The fourth-order valence-corrected chi connectivity index (χ4v) is 7.69. The van der Waals surface area contributed by atoms with Crippen LogP contribution in [0, 0.1) is 0 Å². The highest BCUT2D eigenvalue weighted by molar-refractivity contribution is 5.75. The Labute approximate surface area is 410 Å². The molecule has 0 aliphatic carbocycles. The predicted molar refractivity (Wildman–Crippen MR) is 284 cm³/mol. The van der Waals surface area contributed by atoms with Crippen molar-refractivity contribution in [3.05, 3.63) is 251 Å². The van der Waals surface area contributed by atoms with Crippen LogP contribution in [0.3, 0.4) is 0 Å². The van der Waals surface area contributed by atoms with Crippen molar-refractivity contribution in [2.24, 2.45) is 0 Å². The predicted octanol–water partition coefficient (Wildman–Crippen LogP) is 15.5. The number of nitrogens with zero attached hydrogens (tertiary/aromatic N) is 6. The van der Waals surface area contributed by atoms with Gasteiger partial charge in [0.25, 0.3) is 0 Å². The lowest BCUT2D eigenvalue weighted by molar-refractivity contribution is 0.584. The maximum absolute atomic E-state index is 6.10. The molecule has 8 aromatic carbocycles. The average Bonchev–Trinajstić information content (AvgIpc) is 4.26. The van der Waals surface area contributed by atoms with Crippen LogP contribution < -0.4 is 0 Å². The van der Waals surface area contributed by atoms with Gasteiger partial charge in [0.1, 0.15) is 0 Å². The molecule has 0 radical (unpaired) electrons. The Morgan fingerprint density at radius 2 is 0.338 bits per heavy atom. The molecule has 0 saturated heterocycles. The largest absolute Gasteiger partial charge is 0.416 e. The van der Waals surface area contributed by atoms with Crippen LogP contribution >= 0.6 is 0 Å². The summed E-state index contributed by atoms with van der Waals surface area (Å²) in [6, 6.07) is 68.6. The van der Waals surface area contributed by atoms with Gasteiger partial charge >= 0.3 is 0 Å². The van der Waals surface area contributed by atoms with E-state index in [0.29, 0.717) is 35.3 Å². The molecule has 11 rings (SSSR count). The van der Waals surface area contributed by atoms with Crippen LogP contribution in [-0.2, 0) is 0 Å². The van der Waals surface area contributed by atoms with Gasteiger partial charge in [-0.05, 0) is 117 Å². The van der Waals surface area contributed by atoms with E-state index in [9.17, 15) is 0 Å². The smallest absolute Gasteiger partial charge is 0.248 e. The van der Waals surface area contributed by atoms with Crippen molar-refractivity contribution in [3.8, 4) is 68.7 Å². The molecule has 0 aliphatic heterocycles. The maximum Gasteiger partial charge on any atom is 0.248 e. The Kier molecular flexibility index (Phi) is 12.7. The lowest BCUT2D eigenvalue weighted by Crippen LogP contribution is -1.80. The van der Waals surface area contributed by atoms with Gasteiger partial charge in [-0.2, -0.15) is 0 Å². The van der Waals surface area contributed by atoms with E-state index in [1.165, 1.54) is 0 Å². The van der Waals surface area contributed by atoms with Crippen LogP contribution in [0.2, 0.25) is 0 Å². The molecule has 0 N–H and O–H groups in total. The highest BCUT2D eigenvalue weighted by Gasteiger charge is 2.13. The second-order valence-corrected chi connectivity index (χ2v) is 16.6. The first-order chi connectivity index (χ1) is 35.1. The molecule has 3 aromatic heterocycles. The molecule has 0 saturated carbocycles. The summed E-state index contributed by atoms with van der Waals surface area (Å²) in [5.41, 5.74) is 13.7. The summed E-state index contributed by atoms with van der Waals surface area (Å²) in [5.74, 6) is 2.80. The normalized spacial score (nSPS) is 11.7. The summed E-state index contributed by atoms with van der Waals surface area (Å²) in [4.78, 5) is 0. The van der Waals surface area contributed by atoms with Crippen LogP contribution in [0.15, 0.2) is 220 Å². The lowest BCUT2D eigenvalue weighted by Gasteiger charge is -2.00. The van der Waals surface area contributed by atoms with Crippen molar-refractivity contribution < 1.29 is 13.3 Å². The second-order valence-electron chi connectivity index (χ2n) is 16.6. The zero-order valence-electron chi connectivity index (χ0n) is 38.2. The van der Waals surface area contributed by atoms with E-state index in [4.69, 9.17) is 13.3 Å². The quantitative estimate of drug-likeness (QED) is 0.0983. The molecule has 11 aromatic rings. The first kappa shape index (κ1) is 43.7. The SMILES string of the molecule is C(=C\c1ccc(-c2nnc(-c3ccc(/C=C/c4ccc(-c5nnc(-c6ccc(/C=C/c7ccc(-c8nnc(-c9ccc(/C=C/c%10ccccc%10)cc9)o8)cc7)cc6)o5)cc4)cc3)o2)cc1)/c1ccccc1. The standard InChI is InChI=1S/C62H42N6O3/c1-3-7-43(8-4-1)11-13-45-19-31-51(32-20-45)57-63-65-59(69-57)53-35-23-47(24-36-53)15-17-49-27-39-55(40-28-49)61-67-68-62(71-61)56-41-29-50(30-42-56)18-16-48-25-37-54(38-26-48)60-66-64-58(70-60)52-33-21-46(22-34-52)14-12-44-9-5-2-6-10-44/h1-42H/b13-11+,14-12+,17-15+,18-16+. The van der Waals surface area contributed by atoms with Crippen molar-refractivity contribution in [2.45, 2.75) is 0 Å². The molecule has 9 heteroatoms. The fourth-order valence-electron chi connectivity index (χ4n) is 7.69. The zero-order valence-corrected chi connectivity index (χ0v) is 38.2. The van der Waals surface area contributed by atoms with Crippen molar-refractivity contribution in [1.82, 2.24) is 30.6 Å². The van der Waals surface area contributed by atoms with E-state index in [1.807, 2.05) is 182 Å². The van der Waals surface area contributed by atoms with E-state index in [0.717, 1.165) is 77.9 Å². The molecule has 0 atom stereocenters. The Morgan fingerprint density at radius 1 is 0.183 bits per heavy atom. The highest BCUT2D eigenvalue weighted by Crippen LogP contribution is 2.29. The molecule has 0 aliphatic rings. The molecule has 0 spiro atoms. The van der Waals surface area contributed by atoms with Gasteiger partial charge < -0.3 is 13.3 Å². The number of rotatable bonds is 14. The third kappa shape index (κ3) is 10.8. The second kappa shape index (κ2) is 20.6. The van der Waals surface area contributed by atoms with Crippen molar-refractivity contribution >= 4 is 48.6 Å². The molecule has 71 heavy (non-hydrogen) atoms. The van der Waals surface area contributed by atoms with Gasteiger partial charge in [0, 0.05) is 33.4 Å². The van der Waals surface area contributed by atoms with Crippen molar-refractivity contribution in [2.75, 3.05) is 0 Å². The van der Waals surface area contributed by atoms with Crippen LogP contribution in [0.25, 0.3) is 117 Å². The van der Waals surface area contributed by atoms with Gasteiger partial charge in [-0.3, -0.25) is 0 Å². The van der Waals surface area contributed by atoms with Gasteiger partial charge in [0.2, 0.25) is 35.3 Å². The van der Waals surface area contributed by atoms with Crippen molar-refractivity contribution in [3.63, 3.8) is 0 Å². The zero-order chi connectivity index (χ0) is 47.6. The van der Waals surface area contributed by atoms with Crippen LogP contribution in [-0.4, -0.2) is 30.6 Å². The molecule has 0 fully saturated rings. The Hall–Kier alpha value is -9.86. The maximum atomic E-state index is 6.10. The summed E-state index contributed by atoms with van der Waals surface area (Å²) < 4.78 is 18.2. The molecule has 338 valence electrons. The van der Waals surface area contributed by atoms with Gasteiger partial charge in [0.05, 0.1) is 0 Å². The average molecular weight is 919 g/mol. The number of aromatic nitrogens is 6. The monoisotopic (exact) mass is 918 g/mol. The summed E-state index contributed by atoms with van der Waals surface area (Å²) in [6.07, 6.45) is 16.6. The third-order valence-electron chi connectivity index (χ3n) is 11.7. The molecule has 3 heterocycles. The summed E-state index contributed by atoms with van der Waals surface area (Å²) >= 11 is 0. The molecular formula is C62H42N6O3. The van der Waals surface area contributed by atoms with Crippen LogP contribution in [0.4, 0.5) is 0 Å². The lowest BCUT2D eigenvalue weighted by atomic mass is 10.1. The minimum atomic E-state index is 0.453. The number of hydrogen-bond acceptors (Lipinski definition) is 9.